The van der Waals surface area contributed by atoms with Crippen molar-refractivity contribution in [1.29, 1.82) is 0 Å². The number of nitrogens with zero attached hydrogens (tertiary/aromatic N) is 3. The zero-order valence-corrected chi connectivity index (χ0v) is 12.1. The summed E-state index contributed by atoms with van der Waals surface area (Å²) in [5, 5.41) is 6.08. The van der Waals surface area contributed by atoms with Gasteiger partial charge in [-0.05, 0) is 25.0 Å². The number of hydrogen-bond acceptors (Lipinski definition) is 3. The average Bonchev–Trinajstić information content (AvgIpc) is 3.11. The maximum atomic E-state index is 13.1. The van der Waals surface area contributed by atoms with Crippen molar-refractivity contribution < 1.29 is 18.0 Å². The lowest BCUT2D eigenvalue weighted by Crippen LogP contribution is -2.40. The maximum Gasteiger partial charge on any atom is 0.437 e. The van der Waals surface area contributed by atoms with E-state index in [0.717, 1.165) is 30.1 Å². The first kappa shape index (κ1) is 15.6. The molecule has 0 spiro atoms. The topological polar surface area (TPSA) is 68.4 Å². The molecule has 1 saturated carbocycles. The number of rotatable bonds is 3. The molecule has 0 radical (unpaired) electrons. The number of carbonyl (C=O) groups excluding carboxylic acids is 1. The molecule has 9 heteroatoms. The van der Waals surface area contributed by atoms with Crippen LogP contribution in [0.3, 0.4) is 0 Å². The Kier molecular flexibility index (Phi) is 3.87. The van der Waals surface area contributed by atoms with Gasteiger partial charge in [0.15, 0.2) is 5.69 Å². The maximum absolute atomic E-state index is 13.1. The molecule has 2 aromatic heterocycles. The summed E-state index contributed by atoms with van der Waals surface area (Å²) in [6.07, 6.45) is 0.224. The fourth-order valence-electron chi connectivity index (χ4n) is 2.86. The summed E-state index contributed by atoms with van der Waals surface area (Å²) in [4.78, 5) is 24.1. The molecule has 1 amide bonds. The summed E-state index contributed by atoms with van der Waals surface area (Å²) in [5.41, 5.74) is -2.29. The van der Waals surface area contributed by atoms with Gasteiger partial charge in [0.1, 0.15) is 6.54 Å². The van der Waals surface area contributed by atoms with E-state index in [1.807, 2.05) is 0 Å². The minimum Gasteiger partial charge on any atom is -0.352 e. The van der Waals surface area contributed by atoms with E-state index in [-0.39, 0.29) is 11.6 Å². The van der Waals surface area contributed by atoms with E-state index >= 15 is 0 Å². The van der Waals surface area contributed by atoms with Gasteiger partial charge in [-0.15, -0.1) is 0 Å². The Morgan fingerprint density at radius 3 is 2.70 bits per heavy atom. The van der Waals surface area contributed by atoms with Crippen LogP contribution in [-0.4, -0.2) is 26.1 Å². The van der Waals surface area contributed by atoms with E-state index in [9.17, 15) is 22.8 Å². The van der Waals surface area contributed by atoms with Crippen molar-refractivity contribution in [1.82, 2.24) is 19.5 Å². The van der Waals surface area contributed by atoms with Gasteiger partial charge < -0.3 is 5.32 Å². The molecule has 1 fully saturated rings. The Hall–Kier alpha value is -2.32. The number of aromatic nitrogens is 3. The van der Waals surface area contributed by atoms with Crippen LogP contribution >= 0.6 is 0 Å². The summed E-state index contributed by atoms with van der Waals surface area (Å²) < 4.78 is 40.6. The van der Waals surface area contributed by atoms with Crippen molar-refractivity contribution in [3.63, 3.8) is 0 Å². The number of nitrogens with one attached hydrogen (secondary N) is 1. The molecule has 0 aliphatic heterocycles. The monoisotopic (exact) mass is 328 g/mol. The molecule has 6 nitrogen and oxygen atoms in total. The quantitative estimate of drug-likeness (QED) is 0.930. The van der Waals surface area contributed by atoms with Gasteiger partial charge in [0.25, 0.3) is 0 Å². The smallest absolute Gasteiger partial charge is 0.352 e. The summed E-state index contributed by atoms with van der Waals surface area (Å²) in [6.45, 7) is -0.535. The lowest BCUT2D eigenvalue weighted by molar-refractivity contribution is -0.141. The van der Waals surface area contributed by atoms with Crippen LogP contribution in [0.25, 0.3) is 5.52 Å². The zero-order chi connectivity index (χ0) is 16.6. The largest absolute Gasteiger partial charge is 0.437 e. The highest BCUT2D eigenvalue weighted by Crippen LogP contribution is 2.30. The first-order valence-corrected chi connectivity index (χ1v) is 7.31. The molecular formula is C14H15F3N4O2. The van der Waals surface area contributed by atoms with Gasteiger partial charge in [-0.2, -0.15) is 18.3 Å². The Balaban J connectivity index is 1.92. The lowest BCUT2D eigenvalue weighted by atomic mass is 10.2. The lowest BCUT2D eigenvalue weighted by Gasteiger charge is -2.14. The highest BCUT2D eigenvalue weighted by atomic mass is 19.4. The fraction of sp³-hybridized carbons (Fsp3) is 0.500. The molecule has 1 aliphatic rings. The number of halogens is 3. The predicted octanol–water partition coefficient (Wildman–Crippen LogP) is 1.57. The summed E-state index contributed by atoms with van der Waals surface area (Å²) in [5.74, 6) is -0.508. The summed E-state index contributed by atoms with van der Waals surface area (Å²) in [7, 11) is 0. The van der Waals surface area contributed by atoms with Crippen LogP contribution in [0.1, 0.15) is 31.4 Å². The Labute approximate surface area is 128 Å². The van der Waals surface area contributed by atoms with Gasteiger partial charge >= 0.3 is 11.9 Å². The molecule has 3 rings (SSSR count). The van der Waals surface area contributed by atoms with E-state index in [2.05, 4.69) is 10.4 Å². The van der Waals surface area contributed by atoms with Gasteiger partial charge in [-0.1, -0.05) is 12.8 Å². The van der Waals surface area contributed by atoms with E-state index in [0.29, 0.717) is 4.68 Å². The molecule has 0 unspecified atom stereocenters. The van der Waals surface area contributed by atoms with Crippen LogP contribution in [0, 0.1) is 0 Å². The van der Waals surface area contributed by atoms with Crippen molar-refractivity contribution in [3.8, 4) is 0 Å². The number of hydrogen-bond donors (Lipinski definition) is 1. The van der Waals surface area contributed by atoms with Crippen molar-refractivity contribution in [2.45, 2.75) is 44.4 Å². The number of fused-ring (bicyclic) bond motifs is 1. The molecule has 1 N–H and O–H groups in total. The second-order valence-electron chi connectivity index (χ2n) is 5.60. The van der Waals surface area contributed by atoms with Crippen LogP contribution in [0.4, 0.5) is 13.2 Å². The molecule has 2 heterocycles. The summed E-state index contributed by atoms with van der Waals surface area (Å²) in [6, 6.07) is 2.52. The normalized spacial score (nSPS) is 16.1. The van der Waals surface area contributed by atoms with Crippen LogP contribution in [-0.2, 0) is 17.5 Å². The Morgan fingerprint density at radius 2 is 2.04 bits per heavy atom. The zero-order valence-electron chi connectivity index (χ0n) is 12.1. The number of carbonyl (C=O) groups is 1. The molecule has 124 valence electrons. The van der Waals surface area contributed by atoms with Crippen LogP contribution in [0.5, 0.6) is 0 Å². The first-order valence-electron chi connectivity index (χ1n) is 7.31. The SMILES string of the molecule is O=C(Cn1nc(C(F)(F)F)c2cccn2c1=O)NC1CCCC1. The van der Waals surface area contributed by atoms with E-state index < -0.39 is 30.0 Å². The van der Waals surface area contributed by atoms with Gasteiger partial charge in [-0.25, -0.2) is 9.48 Å². The van der Waals surface area contributed by atoms with Crippen LogP contribution in [0.2, 0.25) is 0 Å². The number of alkyl halides is 3. The molecule has 0 bridgehead atoms. The third-order valence-corrected chi connectivity index (χ3v) is 3.92. The molecule has 23 heavy (non-hydrogen) atoms. The molecule has 0 saturated heterocycles. The van der Waals surface area contributed by atoms with E-state index in [4.69, 9.17) is 0 Å². The van der Waals surface area contributed by atoms with Crippen LogP contribution in [0.15, 0.2) is 23.1 Å². The molecule has 1 aliphatic carbocycles. The minimum absolute atomic E-state index is 0.0237. The summed E-state index contributed by atoms with van der Waals surface area (Å²) >= 11 is 0. The van der Waals surface area contributed by atoms with Crippen LogP contribution < -0.4 is 11.0 Å². The second kappa shape index (κ2) is 5.71. The van der Waals surface area contributed by atoms with Gasteiger partial charge in [0.2, 0.25) is 5.91 Å². The third-order valence-electron chi connectivity index (χ3n) is 3.92. The van der Waals surface area contributed by atoms with Gasteiger partial charge in [-0.3, -0.25) is 9.20 Å². The molecule has 0 atom stereocenters. The standard InChI is InChI=1S/C14H15F3N4O2/c15-14(16,17)12-10-6-3-7-20(10)13(23)21(19-12)8-11(22)18-9-4-1-2-5-9/h3,6-7,9H,1-2,4-5,8H2,(H,18,22). The van der Waals surface area contributed by atoms with Crippen molar-refractivity contribution in [2.24, 2.45) is 0 Å². The second-order valence-corrected chi connectivity index (χ2v) is 5.60. The number of amides is 1. The molecule has 2 aromatic rings. The highest BCUT2D eigenvalue weighted by molar-refractivity contribution is 5.76. The van der Waals surface area contributed by atoms with Crippen molar-refractivity contribution in [2.75, 3.05) is 0 Å². The Morgan fingerprint density at radius 1 is 1.35 bits per heavy atom. The molecule has 0 aromatic carbocycles. The van der Waals surface area contributed by atoms with Gasteiger partial charge in [0.05, 0.1) is 5.52 Å². The fourth-order valence-corrected chi connectivity index (χ4v) is 2.86. The minimum atomic E-state index is -4.71. The van der Waals surface area contributed by atoms with E-state index in [1.54, 1.807) is 0 Å². The Bertz CT molecular complexity index is 787. The molecular weight excluding hydrogens is 313 g/mol. The predicted molar refractivity (Wildman–Crippen MR) is 74.9 cm³/mol. The first-order chi connectivity index (χ1) is 10.9. The van der Waals surface area contributed by atoms with Gasteiger partial charge in [0, 0.05) is 12.2 Å². The third kappa shape index (κ3) is 3.08. The van der Waals surface area contributed by atoms with Crippen molar-refractivity contribution in [3.05, 3.63) is 34.5 Å². The van der Waals surface area contributed by atoms with E-state index in [1.165, 1.54) is 18.3 Å². The van der Waals surface area contributed by atoms with Crippen molar-refractivity contribution >= 4 is 11.4 Å². The highest BCUT2D eigenvalue weighted by Gasteiger charge is 2.36. The average molecular weight is 328 g/mol.